The Hall–Kier alpha value is -6.61. The van der Waals surface area contributed by atoms with Gasteiger partial charge in [0, 0.05) is 38.3 Å². The van der Waals surface area contributed by atoms with Gasteiger partial charge in [-0.1, -0.05) is 56.3 Å². The fourth-order valence-electron chi connectivity index (χ4n) is 7.91. The van der Waals surface area contributed by atoms with Crippen LogP contribution in [0.3, 0.4) is 0 Å². The van der Waals surface area contributed by atoms with E-state index in [-0.39, 0.29) is 5.41 Å². The highest BCUT2D eigenvalue weighted by Gasteiger charge is 2.38. The van der Waals surface area contributed by atoms with Crippen LogP contribution in [0.2, 0.25) is 0 Å². The van der Waals surface area contributed by atoms with Gasteiger partial charge in [0.25, 0.3) is 0 Å². The molecule has 1 aliphatic carbocycles. The third-order valence-electron chi connectivity index (χ3n) is 9.94. The van der Waals surface area contributed by atoms with Crippen molar-refractivity contribution < 1.29 is 0 Å². The maximum Gasteiger partial charge on any atom is 0.0991 e. The molecule has 2 aromatic heterocycles. The molecular formula is C42H25N5. The van der Waals surface area contributed by atoms with E-state index in [0.29, 0.717) is 16.7 Å². The lowest BCUT2D eigenvalue weighted by atomic mass is 9.81. The van der Waals surface area contributed by atoms with Crippen molar-refractivity contribution in [1.29, 1.82) is 15.8 Å². The number of hydrogen-bond donors (Lipinski definition) is 0. The van der Waals surface area contributed by atoms with E-state index in [1.165, 1.54) is 33.0 Å². The Labute approximate surface area is 271 Å². The third-order valence-corrected chi connectivity index (χ3v) is 9.94. The summed E-state index contributed by atoms with van der Waals surface area (Å²) < 4.78 is 4.61. The van der Waals surface area contributed by atoms with E-state index in [9.17, 15) is 15.8 Å². The van der Waals surface area contributed by atoms with Gasteiger partial charge in [0.1, 0.15) is 0 Å². The summed E-state index contributed by atoms with van der Waals surface area (Å²) in [6.07, 6.45) is 0. The number of hydrogen-bond acceptors (Lipinski definition) is 3. The molecule has 0 saturated heterocycles. The Morgan fingerprint density at radius 3 is 1.77 bits per heavy atom. The Bertz CT molecular complexity index is 2730. The molecule has 47 heavy (non-hydrogen) atoms. The van der Waals surface area contributed by atoms with E-state index in [1.54, 1.807) is 0 Å². The smallest absolute Gasteiger partial charge is 0.0991 e. The molecule has 0 unspecified atom stereocenters. The van der Waals surface area contributed by atoms with Gasteiger partial charge in [-0.25, -0.2) is 0 Å². The summed E-state index contributed by atoms with van der Waals surface area (Å²) in [5.41, 5.74) is 12.6. The summed E-state index contributed by atoms with van der Waals surface area (Å²) in [5, 5.41) is 33.3. The van der Waals surface area contributed by atoms with Gasteiger partial charge in [-0.3, -0.25) is 0 Å². The second-order valence-electron chi connectivity index (χ2n) is 12.8. The van der Waals surface area contributed by atoms with Crippen molar-refractivity contribution in [3.05, 3.63) is 143 Å². The zero-order valence-electron chi connectivity index (χ0n) is 25.7. The van der Waals surface area contributed by atoms with Gasteiger partial charge in [-0.05, 0) is 95.1 Å². The Kier molecular flexibility index (Phi) is 5.38. The molecule has 0 amide bonds. The Morgan fingerprint density at radius 2 is 1.09 bits per heavy atom. The van der Waals surface area contributed by atoms with Gasteiger partial charge < -0.3 is 9.13 Å². The lowest BCUT2D eigenvalue weighted by Crippen LogP contribution is -2.16. The first kappa shape index (κ1) is 26.8. The summed E-state index contributed by atoms with van der Waals surface area (Å²) in [6, 6.07) is 46.1. The van der Waals surface area contributed by atoms with E-state index >= 15 is 0 Å². The van der Waals surface area contributed by atoms with Crippen molar-refractivity contribution in [3.8, 4) is 40.7 Å². The minimum Gasteiger partial charge on any atom is -0.309 e. The fraction of sp³-hybridized carbons (Fsp3) is 0.0714. The van der Waals surface area contributed by atoms with Crippen LogP contribution in [-0.4, -0.2) is 9.13 Å². The highest BCUT2D eigenvalue weighted by Crippen LogP contribution is 2.53. The van der Waals surface area contributed by atoms with Crippen molar-refractivity contribution in [1.82, 2.24) is 9.13 Å². The van der Waals surface area contributed by atoms with Crippen LogP contribution in [0.4, 0.5) is 0 Å². The van der Waals surface area contributed by atoms with Gasteiger partial charge in [-0.15, -0.1) is 0 Å². The molecule has 218 valence electrons. The van der Waals surface area contributed by atoms with E-state index in [0.717, 1.165) is 44.3 Å². The lowest BCUT2D eigenvalue weighted by molar-refractivity contribution is 0.664. The van der Waals surface area contributed by atoms with Crippen molar-refractivity contribution in [2.45, 2.75) is 19.3 Å². The molecule has 8 aromatic rings. The van der Waals surface area contributed by atoms with Crippen LogP contribution in [0.25, 0.3) is 66.1 Å². The molecule has 0 radical (unpaired) electrons. The minimum atomic E-state index is -0.286. The van der Waals surface area contributed by atoms with Gasteiger partial charge in [-0.2, -0.15) is 15.8 Å². The second kappa shape index (κ2) is 9.45. The first-order valence-electron chi connectivity index (χ1n) is 15.5. The predicted molar refractivity (Wildman–Crippen MR) is 187 cm³/mol. The number of para-hydroxylation sites is 1. The number of benzene rings is 6. The molecule has 5 nitrogen and oxygen atoms in total. The van der Waals surface area contributed by atoms with Gasteiger partial charge >= 0.3 is 0 Å². The molecule has 5 heteroatoms. The molecule has 0 aliphatic heterocycles. The zero-order chi connectivity index (χ0) is 32.0. The number of rotatable bonds is 2. The topological polar surface area (TPSA) is 81.2 Å². The standard InChI is InChI=1S/C42H25N5/c1-42(2)36-15-10-25(22-43)18-33(36)31-13-14-32-30-8-3-4-9-37(30)47(41(32)40(31)42)29-7-5-6-28(21-29)46-38-16-11-26(23-44)19-34(38)35-20-27(24-45)12-17-39(35)46/h3-21H,1-2H3. The molecule has 2 heterocycles. The highest BCUT2D eigenvalue weighted by atomic mass is 15.0. The average Bonchev–Trinajstić information content (AvgIpc) is 3.70. The first-order valence-corrected chi connectivity index (χ1v) is 15.5. The molecule has 9 rings (SSSR count). The normalized spacial score (nSPS) is 13.0. The predicted octanol–water partition coefficient (Wildman–Crippen LogP) is 9.80. The molecule has 0 N–H and O–H groups in total. The van der Waals surface area contributed by atoms with E-state index in [2.05, 4.69) is 108 Å². The number of nitriles is 3. The molecule has 0 saturated carbocycles. The molecule has 6 aromatic carbocycles. The third kappa shape index (κ3) is 3.56. The summed E-state index contributed by atoms with van der Waals surface area (Å²) >= 11 is 0. The summed E-state index contributed by atoms with van der Waals surface area (Å²) in [5.74, 6) is 0. The van der Waals surface area contributed by atoms with Crippen LogP contribution < -0.4 is 0 Å². The van der Waals surface area contributed by atoms with E-state index < -0.39 is 0 Å². The SMILES string of the molecule is CC1(C)c2ccc(C#N)cc2-c2ccc3c4ccccc4n(-c4cccc(-n5c6ccc(C#N)cc6c6cc(C#N)ccc65)c4)c3c21. The van der Waals surface area contributed by atoms with Crippen LogP contribution in [0.1, 0.15) is 41.7 Å². The maximum atomic E-state index is 9.71. The Balaban J connectivity index is 1.36. The van der Waals surface area contributed by atoms with Crippen LogP contribution >= 0.6 is 0 Å². The van der Waals surface area contributed by atoms with E-state index in [4.69, 9.17) is 0 Å². The zero-order valence-corrected chi connectivity index (χ0v) is 25.7. The van der Waals surface area contributed by atoms with Crippen LogP contribution in [0.5, 0.6) is 0 Å². The largest absolute Gasteiger partial charge is 0.309 e. The van der Waals surface area contributed by atoms with E-state index in [1.807, 2.05) is 48.5 Å². The number of nitrogens with zero attached hydrogens (tertiary/aromatic N) is 5. The molecule has 0 bridgehead atoms. The molecule has 0 spiro atoms. The van der Waals surface area contributed by atoms with Crippen molar-refractivity contribution in [3.63, 3.8) is 0 Å². The van der Waals surface area contributed by atoms with Crippen LogP contribution in [0.15, 0.2) is 115 Å². The van der Waals surface area contributed by atoms with Crippen LogP contribution in [0, 0.1) is 34.0 Å². The van der Waals surface area contributed by atoms with Gasteiger partial charge in [0.2, 0.25) is 0 Å². The molecule has 0 fully saturated rings. The quantitative estimate of drug-likeness (QED) is 0.198. The van der Waals surface area contributed by atoms with Gasteiger partial charge in [0.15, 0.2) is 0 Å². The minimum absolute atomic E-state index is 0.286. The lowest BCUT2D eigenvalue weighted by Gasteiger charge is -2.24. The average molecular weight is 600 g/mol. The Morgan fingerprint density at radius 1 is 0.489 bits per heavy atom. The van der Waals surface area contributed by atoms with Gasteiger partial charge in [0.05, 0.1) is 57.0 Å². The molecule has 1 aliphatic rings. The van der Waals surface area contributed by atoms with Crippen molar-refractivity contribution >= 4 is 43.6 Å². The number of aromatic nitrogens is 2. The summed E-state index contributed by atoms with van der Waals surface area (Å²) in [4.78, 5) is 0. The monoisotopic (exact) mass is 599 g/mol. The maximum absolute atomic E-state index is 9.71. The highest BCUT2D eigenvalue weighted by molar-refractivity contribution is 6.13. The molecule has 0 atom stereocenters. The molecular weight excluding hydrogens is 574 g/mol. The van der Waals surface area contributed by atoms with Crippen LogP contribution in [-0.2, 0) is 5.41 Å². The summed E-state index contributed by atoms with van der Waals surface area (Å²) in [6.45, 7) is 4.56. The summed E-state index contributed by atoms with van der Waals surface area (Å²) in [7, 11) is 0. The number of fused-ring (bicyclic) bond motifs is 10. The second-order valence-corrected chi connectivity index (χ2v) is 12.8. The fourth-order valence-corrected chi connectivity index (χ4v) is 7.91. The van der Waals surface area contributed by atoms with Crippen molar-refractivity contribution in [2.75, 3.05) is 0 Å². The first-order chi connectivity index (χ1) is 22.9. The van der Waals surface area contributed by atoms with Crippen molar-refractivity contribution in [2.24, 2.45) is 0 Å².